The second kappa shape index (κ2) is 9.86. The summed E-state index contributed by atoms with van der Waals surface area (Å²) in [7, 11) is 0. The van der Waals surface area contributed by atoms with Crippen LogP contribution >= 0.6 is 0 Å². The molecule has 11 rings (SSSR count). The molecule has 250 valence electrons. The summed E-state index contributed by atoms with van der Waals surface area (Å²) < 4.78 is 2.59. The van der Waals surface area contributed by atoms with Crippen LogP contribution < -0.4 is 21.7 Å². The Kier molecular flexibility index (Phi) is 5.71. The maximum Gasteiger partial charge on any atom is 0.252 e. The quantitative estimate of drug-likeness (QED) is 0.159. The highest BCUT2D eigenvalue weighted by atomic mass is 15.0. The number of aromatic nitrogens is 1. The van der Waals surface area contributed by atoms with Gasteiger partial charge in [0.2, 0.25) is 0 Å². The zero-order valence-electron chi connectivity index (χ0n) is 31.0. The highest BCUT2D eigenvalue weighted by Gasteiger charge is 2.42. The van der Waals surface area contributed by atoms with Gasteiger partial charge < -0.3 is 9.88 Å². The zero-order valence-corrected chi connectivity index (χ0v) is 31.0. The van der Waals surface area contributed by atoms with Crippen LogP contribution in [0, 0.1) is 6.92 Å². The van der Waals surface area contributed by atoms with Gasteiger partial charge >= 0.3 is 0 Å². The van der Waals surface area contributed by atoms with Gasteiger partial charge in [-0.05, 0) is 120 Å². The monoisotopic (exact) mass is 668 g/mol. The van der Waals surface area contributed by atoms with E-state index >= 15 is 0 Å². The molecule has 52 heavy (non-hydrogen) atoms. The maximum absolute atomic E-state index is 4.14. The minimum atomic E-state index is -0.00987. The molecule has 0 saturated carbocycles. The van der Waals surface area contributed by atoms with Crippen LogP contribution in [0.3, 0.4) is 0 Å². The molecule has 1 aromatic heterocycles. The standard InChI is InChI=1S/C49H41BN2/c1-27-22-40-45-42(23-27)52-41-21-18-29(48(2,3)4)24-36(41)37-25-30(49(5,6)7)26-39(47(37)52)50(45)38-20-19-35-34-17-11-13-28-12-10-16-32(43(28)34)31-14-8-9-15-33(31)44(35)46(38)51-40/h8-26,51H,1-7H3. The lowest BCUT2D eigenvalue weighted by molar-refractivity contribution is 0.590. The van der Waals surface area contributed by atoms with Crippen molar-refractivity contribution in [2.24, 2.45) is 0 Å². The summed E-state index contributed by atoms with van der Waals surface area (Å²) in [6.07, 6.45) is 0. The fourth-order valence-electron chi connectivity index (χ4n) is 9.76. The van der Waals surface area contributed by atoms with E-state index in [2.05, 4.69) is 174 Å². The lowest BCUT2D eigenvalue weighted by Crippen LogP contribution is -2.59. The average molecular weight is 669 g/mol. The second-order valence-corrected chi connectivity index (χ2v) is 17.5. The van der Waals surface area contributed by atoms with Crippen molar-refractivity contribution < 1.29 is 0 Å². The number of benzene rings is 7. The van der Waals surface area contributed by atoms with Gasteiger partial charge in [0.1, 0.15) is 0 Å². The molecule has 0 amide bonds. The molecular formula is C49H41BN2. The summed E-state index contributed by atoms with van der Waals surface area (Å²) >= 11 is 0. The van der Waals surface area contributed by atoms with E-state index in [4.69, 9.17) is 0 Å². The van der Waals surface area contributed by atoms with E-state index in [1.54, 1.807) is 0 Å². The number of rotatable bonds is 0. The number of fused-ring (bicyclic) bond motifs is 13. The Balaban J connectivity index is 1.29. The van der Waals surface area contributed by atoms with Gasteiger partial charge in [0.15, 0.2) is 0 Å². The Morgan fingerprint density at radius 3 is 2.02 bits per heavy atom. The highest BCUT2D eigenvalue weighted by molar-refractivity contribution is 7.00. The van der Waals surface area contributed by atoms with Crippen molar-refractivity contribution in [1.82, 2.24) is 4.57 Å². The van der Waals surface area contributed by atoms with Crippen molar-refractivity contribution >= 4 is 67.1 Å². The fourth-order valence-corrected chi connectivity index (χ4v) is 9.76. The summed E-state index contributed by atoms with van der Waals surface area (Å²) in [5, 5.41) is 9.46. The van der Waals surface area contributed by atoms with Gasteiger partial charge in [0.05, 0.1) is 5.52 Å². The van der Waals surface area contributed by atoms with Crippen LogP contribution in [-0.2, 0) is 10.8 Å². The van der Waals surface area contributed by atoms with Gasteiger partial charge in [-0.15, -0.1) is 0 Å². The van der Waals surface area contributed by atoms with Crippen molar-refractivity contribution in [2.45, 2.75) is 59.3 Å². The molecule has 0 fully saturated rings. The summed E-state index contributed by atoms with van der Waals surface area (Å²) in [6.45, 7) is 16.4. The molecule has 7 aromatic carbocycles. The second-order valence-electron chi connectivity index (χ2n) is 17.5. The van der Waals surface area contributed by atoms with Gasteiger partial charge in [-0.25, -0.2) is 0 Å². The molecule has 0 saturated heterocycles. The molecule has 2 aliphatic heterocycles. The SMILES string of the molecule is Cc1cc2c3c(c1)-n1c4ccc(C(C)(C)C)cc4c4cc(C(C)(C)C)cc(c41)B3c1ccc3c(c1N2)-c1ccccc1-c1cccc2cccc-3c12. The van der Waals surface area contributed by atoms with Crippen LogP contribution in [0.15, 0.2) is 115 Å². The van der Waals surface area contributed by atoms with E-state index in [-0.39, 0.29) is 17.5 Å². The number of nitrogens with zero attached hydrogens (tertiary/aromatic N) is 1. The molecule has 3 heteroatoms. The molecule has 2 nitrogen and oxygen atoms in total. The minimum Gasteiger partial charge on any atom is -0.356 e. The van der Waals surface area contributed by atoms with E-state index in [0.29, 0.717) is 0 Å². The van der Waals surface area contributed by atoms with Gasteiger partial charge in [0.25, 0.3) is 6.71 Å². The molecule has 8 aromatic rings. The number of hydrogen-bond donors (Lipinski definition) is 1. The molecule has 0 unspecified atom stereocenters. The molecule has 3 heterocycles. The summed E-state index contributed by atoms with van der Waals surface area (Å²) in [5.74, 6) is 0. The number of nitrogens with one attached hydrogen (secondary N) is 1. The van der Waals surface area contributed by atoms with Crippen molar-refractivity contribution in [3.05, 3.63) is 132 Å². The van der Waals surface area contributed by atoms with Crippen LogP contribution in [0.4, 0.5) is 11.4 Å². The van der Waals surface area contributed by atoms with E-state index in [1.807, 2.05) is 0 Å². The summed E-state index contributed by atoms with van der Waals surface area (Å²) in [5.41, 5.74) is 22.4. The molecule has 3 aliphatic rings. The third-order valence-electron chi connectivity index (χ3n) is 12.3. The smallest absolute Gasteiger partial charge is 0.252 e. The van der Waals surface area contributed by atoms with E-state index in [1.165, 1.54) is 116 Å². The van der Waals surface area contributed by atoms with Crippen LogP contribution in [0.25, 0.3) is 71.6 Å². The van der Waals surface area contributed by atoms with Crippen LogP contribution in [0.5, 0.6) is 0 Å². The van der Waals surface area contributed by atoms with Gasteiger partial charge in [-0.2, -0.15) is 0 Å². The largest absolute Gasteiger partial charge is 0.356 e. The van der Waals surface area contributed by atoms with E-state index in [0.717, 1.165) is 0 Å². The number of anilines is 2. The summed E-state index contributed by atoms with van der Waals surface area (Å²) in [4.78, 5) is 0. The van der Waals surface area contributed by atoms with Gasteiger partial charge in [0, 0.05) is 38.9 Å². The van der Waals surface area contributed by atoms with E-state index < -0.39 is 0 Å². The highest BCUT2D eigenvalue weighted by Crippen LogP contribution is 2.51. The molecule has 0 atom stereocenters. The lowest BCUT2D eigenvalue weighted by atomic mass is 9.33. The van der Waals surface area contributed by atoms with Crippen molar-refractivity contribution in [3.63, 3.8) is 0 Å². The maximum atomic E-state index is 4.14. The summed E-state index contributed by atoms with van der Waals surface area (Å²) in [6, 6.07) is 44.5. The fraction of sp³-hybridized carbons (Fsp3) is 0.184. The Hall–Kier alpha value is -5.54. The predicted octanol–water partition coefficient (Wildman–Crippen LogP) is 11.0. The van der Waals surface area contributed by atoms with Gasteiger partial charge in [-0.3, -0.25) is 0 Å². The average Bonchev–Trinajstić information content (AvgIpc) is 3.39. The first-order valence-electron chi connectivity index (χ1n) is 18.8. The Morgan fingerprint density at radius 2 is 1.27 bits per heavy atom. The third-order valence-corrected chi connectivity index (χ3v) is 12.3. The van der Waals surface area contributed by atoms with Crippen molar-refractivity contribution in [3.8, 4) is 39.1 Å². The normalized spacial score (nSPS) is 13.8. The Bertz CT molecular complexity index is 2900. The Morgan fingerprint density at radius 1 is 0.577 bits per heavy atom. The molecule has 0 bridgehead atoms. The topological polar surface area (TPSA) is 17.0 Å². The molecule has 0 spiro atoms. The van der Waals surface area contributed by atoms with Crippen LogP contribution in [0.1, 0.15) is 58.2 Å². The third kappa shape index (κ3) is 3.86. The van der Waals surface area contributed by atoms with Crippen LogP contribution in [0.2, 0.25) is 0 Å². The first-order valence-corrected chi connectivity index (χ1v) is 18.8. The molecule has 1 N–H and O–H groups in total. The number of aryl methyl sites for hydroxylation is 1. The predicted molar refractivity (Wildman–Crippen MR) is 225 cm³/mol. The number of hydrogen-bond acceptors (Lipinski definition) is 1. The molecular weight excluding hydrogens is 627 g/mol. The minimum absolute atomic E-state index is 0.00987. The van der Waals surface area contributed by atoms with Crippen molar-refractivity contribution in [2.75, 3.05) is 5.32 Å². The Labute approximate surface area is 306 Å². The first-order chi connectivity index (χ1) is 25.0. The lowest BCUT2D eigenvalue weighted by Gasteiger charge is -2.36. The first kappa shape index (κ1) is 30.1. The van der Waals surface area contributed by atoms with E-state index in [9.17, 15) is 0 Å². The van der Waals surface area contributed by atoms with Crippen molar-refractivity contribution in [1.29, 1.82) is 0 Å². The zero-order chi connectivity index (χ0) is 35.4. The molecule has 1 aliphatic carbocycles. The van der Waals surface area contributed by atoms with Crippen LogP contribution in [-0.4, -0.2) is 11.3 Å². The van der Waals surface area contributed by atoms with Gasteiger partial charge in [-0.1, -0.05) is 126 Å². The molecule has 0 radical (unpaired) electrons.